The second kappa shape index (κ2) is 11.0. The number of benzene rings is 2. The molecule has 2 aromatic heterocycles. The molecular formula is C31H31N5O5. The molecule has 3 amide bonds. The molecule has 1 saturated heterocycles. The number of nitrogens with one attached hydrogen (secondary N) is 2. The number of hydrogen-bond donors (Lipinski definition) is 2. The van der Waals surface area contributed by atoms with Crippen molar-refractivity contribution in [2.45, 2.75) is 38.6 Å². The van der Waals surface area contributed by atoms with Gasteiger partial charge in [0, 0.05) is 49.6 Å². The summed E-state index contributed by atoms with van der Waals surface area (Å²) in [6.45, 7) is 3.00. The molecule has 10 nitrogen and oxygen atoms in total. The summed E-state index contributed by atoms with van der Waals surface area (Å²) in [5.74, 6) is 0.211. The lowest BCUT2D eigenvalue weighted by Gasteiger charge is -2.20. The van der Waals surface area contributed by atoms with Gasteiger partial charge in [0.15, 0.2) is 0 Å². The van der Waals surface area contributed by atoms with E-state index in [0.717, 1.165) is 35.9 Å². The van der Waals surface area contributed by atoms with E-state index in [1.54, 1.807) is 42.3 Å². The van der Waals surface area contributed by atoms with Crippen molar-refractivity contribution in [2.24, 2.45) is 12.0 Å². The lowest BCUT2D eigenvalue weighted by molar-refractivity contribution is -0.116. The Bertz CT molecular complexity index is 1680. The zero-order chi connectivity index (χ0) is 28.5. The summed E-state index contributed by atoms with van der Waals surface area (Å²) in [7, 11) is 1.75. The minimum Gasteiger partial charge on any atom is -0.493 e. The summed E-state index contributed by atoms with van der Waals surface area (Å²) < 4.78 is 13.0. The van der Waals surface area contributed by atoms with Gasteiger partial charge in [-0.1, -0.05) is 0 Å². The van der Waals surface area contributed by atoms with E-state index < -0.39 is 0 Å². The highest BCUT2D eigenvalue weighted by atomic mass is 16.5. The molecule has 4 heterocycles. The topological polar surface area (TPSA) is 118 Å². The Hall–Kier alpha value is -4.86. The van der Waals surface area contributed by atoms with Crippen molar-refractivity contribution >= 4 is 52.0 Å². The number of hydrogen-bond acceptors (Lipinski definition) is 6. The molecule has 2 N–H and O–H groups in total. The molecule has 6 rings (SSSR count). The Morgan fingerprint density at radius 3 is 2.88 bits per heavy atom. The standard InChI is InChI=1S/C31H31N5O5/c1-19-13-24-25(32-17-23-5-3-10-36(23)31(24)39)16-28(19)40-11-4-6-29(37)33-22-15-26(35(2)18-22)30(38)34-21-7-8-27-20(14-21)9-12-41-27/h7-9,12-18,23H,3-6,10-11H2,1-2H3,(H,33,37)(H,34,38)/t23-/m0/s1. The monoisotopic (exact) mass is 553 g/mol. The van der Waals surface area contributed by atoms with Gasteiger partial charge in [0.05, 0.1) is 35.9 Å². The van der Waals surface area contributed by atoms with Crippen LogP contribution < -0.4 is 15.4 Å². The number of aryl methyl sites for hydroxylation is 2. The third-order valence-corrected chi connectivity index (χ3v) is 7.51. The predicted molar refractivity (Wildman–Crippen MR) is 156 cm³/mol. The highest BCUT2D eigenvalue weighted by Gasteiger charge is 2.32. The molecule has 1 fully saturated rings. The maximum absolute atomic E-state index is 13.0. The number of nitrogens with zero attached hydrogens (tertiary/aromatic N) is 3. The Morgan fingerprint density at radius 1 is 1.12 bits per heavy atom. The molecule has 41 heavy (non-hydrogen) atoms. The maximum atomic E-state index is 13.0. The van der Waals surface area contributed by atoms with Crippen molar-refractivity contribution in [3.05, 3.63) is 71.7 Å². The first-order valence-corrected chi connectivity index (χ1v) is 13.7. The number of ether oxygens (including phenoxy) is 1. The van der Waals surface area contributed by atoms with E-state index in [9.17, 15) is 14.4 Å². The molecule has 0 radical (unpaired) electrons. The van der Waals surface area contributed by atoms with Gasteiger partial charge in [0.25, 0.3) is 11.8 Å². The number of furan rings is 1. The zero-order valence-electron chi connectivity index (χ0n) is 23.0. The summed E-state index contributed by atoms with van der Waals surface area (Å²) in [4.78, 5) is 44.9. The van der Waals surface area contributed by atoms with E-state index in [4.69, 9.17) is 9.15 Å². The SMILES string of the molecule is Cc1cc2c(cc1OCCCC(=O)Nc1cc(C(=O)Nc3ccc4occc4c3)n(C)c1)N=C[C@@H]1CCCN1C2=O. The van der Waals surface area contributed by atoms with Crippen molar-refractivity contribution in [1.29, 1.82) is 0 Å². The number of amides is 3. The molecular weight excluding hydrogens is 522 g/mol. The first-order chi connectivity index (χ1) is 19.9. The van der Waals surface area contributed by atoms with E-state index in [-0.39, 0.29) is 30.2 Å². The van der Waals surface area contributed by atoms with Crippen LogP contribution in [0.15, 0.2) is 64.3 Å². The van der Waals surface area contributed by atoms with Crippen LogP contribution in [0, 0.1) is 6.92 Å². The van der Waals surface area contributed by atoms with Gasteiger partial charge >= 0.3 is 0 Å². The van der Waals surface area contributed by atoms with Crippen molar-refractivity contribution < 1.29 is 23.5 Å². The smallest absolute Gasteiger partial charge is 0.272 e. The molecule has 4 aromatic rings. The van der Waals surface area contributed by atoms with Crippen LogP contribution >= 0.6 is 0 Å². The van der Waals surface area contributed by atoms with Crippen LogP contribution in [-0.2, 0) is 11.8 Å². The van der Waals surface area contributed by atoms with E-state index in [2.05, 4.69) is 15.6 Å². The molecule has 0 unspecified atom stereocenters. The summed E-state index contributed by atoms with van der Waals surface area (Å²) in [5.41, 5.74) is 4.43. The Morgan fingerprint density at radius 2 is 2.00 bits per heavy atom. The van der Waals surface area contributed by atoms with E-state index in [0.29, 0.717) is 47.1 Å². The number of aromatic nitrogens is 1. The molecule has 0 spiro atoms. The fourth-order valence-corrected chi connectivity index (χ4v) is 5.37. The zero-order valence-corrected chi connectivity index (χ0v) is 23.0. The van der Waals surface area contributed by atoms with Gasteiger partial charge in [-0.2, -0.15) is 0 Å². The summed E-state index contributed by atoms with van der Waals surface area (Å²) in [5, 5.41) is 6.64. The first-order valence-electron chi connectivity index (χ1n) is 13.7. The van der Waals surface area contributed by atoms with E-state index in [1.165, 1.54) is 0 Å². The lowest BCUT2D eigenvalue weighted by Crippen LogP contribution is -2.35. The lowest BCUT2D eigenvalue weighted by atomic mass is 10.1. The van der Waals surface area contributed by atoms with Crippen molar-refractivity contribution in [3.63, 3.8) is 0 Å². The molecule has 210 valence electrons. The van der Waals surface area contributed by atoms with Gasteiger partial charge in [0.1, 0.15) is 17.0 Å². The van der Waals surface area contributed by atoms with Crippen LogP contribution in [0.3, 0.4) is 0 Å². The number of rotatable bonds is 8. The summed E-state index contributed by atoms with van der Waals surface area (Å²) in [6, 6.07) is 12.6. The fraction of sp³-hybridized carbons (Fsp3) is 0.290. The molecule has 2 aliphatic rings. The predicted octanol–water partition coefficient (Wildman–Crippen LogP) is 5.45. The van der Waals surface area contributed by atoms with Gasteiger partial charge < -0.3 is 29.3 Å². The number of fused-ring (bicyclic) bond motifs is 3. The Labute approximate surface area is 237 Å². The minimum atomic E-state index is -0.285. The van der Waals surface area contributed by atoms with Gasteiger partial charge in [-0.05, 0) is 68.1 Å². The van der Waals surface area contributed by atoms with E-state index in [1.807, 2.05) is 42.3 Å². The number of carbonyl (C=O) groups excluding carboxylic acids is 3. The van der Waals surface area contributed by atoms with Crippen LogP contribution in [0.5, 0.6) is 5.75 Å². The molecule has 2 aromatic carbocycles. The van der Waals surface area contributed by atoms with Gasteiger partial charge in [-0.3, -0.25) is 19.4 Å². The van der Waals surface area contributed by atoms with Gasteiger partial charge in [-0.15, -0.1) is 0 Å². The highest BCUT2D eigenvalue weighted by Crippen LogP contribution is 2.34. The van der Waals surface area contributed by atoms with Crippen LogP contribution in [0.4, 0.5) is 17.1 Å². The third kappa shape index (κ3) is 5.45. The second-order valence-corrected chi connectivity index (χ2v) is 10.5. The third-order valence-electron chi connectivity index (χ3n) is 7.51. The van der Waals surface area contributed by atoms with Crippen LogP contribution in [0.25, 0.3) is 11.0 Å². The highest BCUT2D eigenvalue weighted by molar-refractivity contribution is 6.05. The molecule has 0 bridgehead atoms. The Kier molecular flexibility index (Phi) is 7.05. The van der Waals surface area contributed by atoms with Crippen molar-refractivity contribution in [2.75, 3.05) is 23.8 Å². The number of aliphatic imine (C=N–C) groups is 1. The molecule has 1 atom stereocenters. The molecule has 10 heteroatoms. The first kappa shape index (κ1) is 26.4. The normalized spacial score (nSPS) is 15.9. The van der Waals surface area contributed by atoms with Gasteiger partial charge in [-0.25, -0.2) is 0 Å². The summed E-state index contributed by atoms with van der Waals surface area (Å²) in [6.07, 6.45) is 7.85. The maximum Gasteiger partial charge on any atom is 0.272 e. The van der Waals surface area contributed by atoms with Crippen LogP contribution in [-0.4, -0.2) is 52.6 Å². The quantitative estimate of drug-likeness (QED) is 0.281. The number of carbonyl (C=O) groups is 3. The minimum absolute atomic E-state index is 0.0172. The van der Waals surface area contributed by atoms with Crippen molar-refractivity contribution in [3.8, 4) is 5.75 Å². The fourth-order valence-electron chi connectivity index (χ4n) is 5.37. The second-order valence-electron chi connectivity index (χ2n) is 10.5. The van der Waals surface area contributed by atoms with E-state index >= 15 is 0 Å². The largest absolute Gasteiger partial charge is 0.493 e. The average molecular weight is 554 g/mol. The van der Waals surface area contributed by atoms with Crippen molar-refractivity contribution in [1.82, 2.24) is 9.47 Å². The molecule has 0 aliphatic carbocycles. The average Bonchev–Trinajstić information content (AvgIpc) is 3.68. The van der Waals surface area contributed by atoms with Crippen LogP contribution in [0.2, 0.25) is 0 Å². The Balaban J connectivity index is 1.01. The molecule has 2 aliphatic heterocycles. The molecule has 0 saturated carbocycles. The van der Waals surface area contributed by atoms with Crippen LogP contribution in [0.1, 0.15) is 52.1 Å². The number of anilines is 2. The summed E-state index contributed by atoms with van der Waals surface area (Å²) >= 11 is 0. The van der Waals surface area contributed by atoms with Gasteiger partial charge in [0.2, 0.25) is 5.91 Å².